The van der Waals surface area contributed by atoms with Gasteiger partial charge in [0.15, 0.2) is 0 Å². The molecule has 0 amide bonds. The van der Waals surface area contributed by atoms with E-state index < -0.39 is 0 Å². The normalized spacial score (nSPS) is 17.6. The van der Waals surface area contributed by atoms with Gasteiger partial charge >= 0.3 is 0 Å². The summed E-state index contributed by atoms with van der Waals surface area (Å²) >= 11 is 6.50. The van der Waals surface area contributed by atoms with E-state index in [0.29, 0.717) is 5.92 Å². The van der Waals surface area contributed by atoms with E-state index in [4.69, 9.17) is 11.6 Å². The van der Waals surface area contributed by atoms with Crippen molar-refractivity contribution in [3.05, 3.63) is 71.0 Å². The molecule has 2 heteroatoms. The van der Waals surface area contributed by atoms with E-state index in [1.54, 1.807) is 12.1 Å². The Morgan fingerprint density at radius 3 is 1.90 bits per heavy atom. The summed E-state index contributed by atoms with van der Waals surface area (Å²) < 4.78 is 13.0. The summed E-state index contributed by atoms with van der Waals surface area (Å²) in [6.07, 6.45) is 6.69. The third-order valence-corrected chi connectivity index (χ3v) is 4.97. The van der Waals surface area contributed by atoms with Crippen molar-refractivity contribution >= 4 is 11.6 Å². The minimum atomic E-state index is -0.227. The zero-order valence-electron chi connectivity index (χ0n) is 12.1. The number of halogens is 2. The molecule has 3 rings (SSSR count). The first-order chi connectivity index (χ1) is 10.2. The molecule has 0 heterocycles. The van der Waals surface area contributed by atoms with E-state index in [1.807, 2.05) is 0 Å². The van der Waals surface area contributed by atoms with E-state index in [-0.39, 0.29) is 11.2 Å². The lowest BCUT2D eigenvalue weighted by Gasteiger charge is -2.22. The van der Waals surface area contributed by atoms with E-state index >= 15 is 0 Å². The third kappa shape index (κ3) is 3.47. The van der Waals surface area contributed by atoms with Gasteiger partial charge < -0.3 is 0 Å². The Morgan fingerprint density at radius 2 is 1.33 bits per heavy atom. The minimum absolute atomic E-state index is 0.217. The zero-order chi connectivity index (χ0) is 14.7. The second-order valence-corrected chi connectivity index (χ2v) is 6.35. The van der Waals surface area contributed by atoms with E-state index in [2.05, 4.69) is 24.3 Å². The third-order valence-electron chi connectivity index (χ3n) is 4.47. The van der Waals surface area contributed by atoms with Gasteiger partial charge in [0.2, 0.25) is 0 Å². The van der Waals surface area contributed by atoms with Crippen molar-refractivity contribution in [3.63, 3.8) is 0 Å². The SMILES string of the molecule is Fc1ccc(C(Cl)c2ccc(C3CCCCC3)cc2)cc1. The van der Waals surface area contributed by atoms with Crippen LogP contribution in [0.25, 0.3) is 0 Å². The van der Waals surface area contributed by atoms with Crippen LogP contribution in [0.4, 0.5) is 4.39 Å². The average Bonchev–Trinajstić information content (AvgIpc) is 2.56. The van der Waals surface area contributed by atoms with Crippen LogP contribution in [0.2, 0.25) is 0 Å². The summed E-state index contributed by atoms with van der Waals surface area (Å²) in [6, 6.07) is 15.1. The summed E-state index contributed by atoms with van der Waals surface area (Å²) in [5.41, 5.74) is 3.44. The summed E-state index contributed by atoms with van der Waals surface area (Å²) in [5.74, 6) is 0.489. The molecule has 0 spiro atoms. The number of hydrogen-bond acceptors (Lipinski definition) is 0. The Bertz CT molecular complexity index is 568. The largest absolute Gasteiger partial charge is 0.207 e. The van der Waals surface area contributed by atoms with Crippen LogP contribution >= 0.6 is 11.6 Å². The Hall–Kier alpha value is -1.34. The highest BCUT2D eigenvalue weighted by atomic mass is 35.5. The maximum absolute atomic E-state index is 13.0. The van der Waals surface area contributed by atoms with Crippen LogP contribution in [0.15, 0.2) is 48.5 Å². The first-order valence-corrected chi connectivity index (χ1v) is 8.17. The van der Waals surface area contributed by atoms with Gasteiger partial charge in [0, 0.05) is 0 Å². The zero-order valence-corrected chi connectivity index (χ0v) is 12.8. The van der Waals surface area contributed by atoms with Gasteiger partial charge in [0.25, 0.3) is 0 Å². The molecule has 21 heavy (non-hydrogen) atoms. The molecule has 2 aromatic carbocycles. The molecule has 1 unspecified atom stereocenters. The Morgan fingerprint density at radius 1 is 0.810 bits per heavy atom. The molecule has 1 aliphatic carbocycles. The first-order valence-electron chi connectivity index (χ1n) is 7.73. The first kappa shape index (κ1) is 14.6. The fourth-order valence-electron chi connectivity index (χ4n) is 3.20. The van der Waals surface area contributed by atoms with Crippen LogP contribution in [0.5, 0.6) is 0 Å². The molecular weight excluding hydrogens is 283 g/mol. The smallest absolute Gasteiger partial charge is 0.123 e. The van der Waals surface area contributed by atoms with Crippen LogP contribution in [0, 0.1) is 5.82 Å². The highest BCUT2D eigenvalue weighted by Gasteiger charge is 2.16. The molecule has 1 saturated carbocycles. The molecule has 0 aromatic heterocycles. The maximum Gasteiger partial charge on any atom is 0.123 e. The standard InChI is InChI=1S/C19H20ClF/c20-19(17-10-12-18(21)13-11-17)16-8-6-15(7-9-16)14-4-2-1-3-5-14/h6-14,19H,1-5H2. The summed E-state index contributed by atoms with van der Waals surface area (Å²) in [5, 5.41) is -0.217. The Labute approximate surface area is 131 Å². The van der Waals surface area contributed by atoms with Gasteiger partial charge in [-0.15, -0.1) is 11.6 Å². The number of rotatable bonds is 3. The molecule has 2 aromatic rings. The van der Waals surface area contributed by atoms with Gasteiger partial charge in [0.05, 0.1) is 5.38 Å². The van der Waals surface area contributed by atoms with Crippen LogP contribution in [-0.2, 0) is 0 Å². The molecule has 1 atom stereocenters. The van der Waals surface area contributed by atoms with E-state index in [1.165, 1.54) is 49.8 Å². The predicted octanol–water partition coefficient (Wildman–Crippen LogP) is 6.20. The second kappa shape index (κ2) is 6.62. The van der Waals surface area contributed by atoms with Crippen LogP contribution in [0.1, 0.15) is 60.1 Å². The Kier molecular flexibility index (Phi) is 4.60. The van der Waals surface area contributed by atoms with Crippen molar-refractivity contribution in [1.82, 2.24) is 0 Å². The van der Waals surface area contributed by atoms with Crippen molar-refractivity contribution in [2.24, 2.45) is 0 Å². The van der Waals surface area contributed by atoms with Gasteiger partial charge in [-0.05, 0) is 47.6 Å². The van der Waals surface area contributed by atoms with Crippen molar-refractivity contribution in [2.45, 2.75) is 43.4 Å². The van der Waals surface area contributed by atoms with Crippen LogP contribution < -0.4 is 0 Å². The fourth-order valence-corrected chi connectivity index (χ4v) is 3.49. The molecule has 0 radical (unpaired) electrons. The molecule has 110 valence electrons. The molecule has 0 aliphatic heterocycles. The minimum Gasteiger partial charge on any atom is -0.207 e. The molecule has 0 saturated heterocycles. The lowest BCUT2D eigenvalue weighted by Crippen LogP contribution is -2.04. The summed E-state index contributed by atoms with van der Waals surface area (Å²) in [4.78, 5) is 0. The van der Waals surface area contributed by atoms with Gasteiger partial charge in [-0.2, -0.15) is 0 Å². The number of hydrogen-bond donors (Lipinski definition) is 0. The van der Waals surface area contributed by atoms with E-state index in [0.717, 1.165) is 11.1 Å². The molecule has 1 aliphatic rings. The topological polar surface area (TPSA) is 0 Å². The monoisotopic (exact) mass is 302 g/mol. The highest BCUT2D eigenvalue weighted by Crippen LogP contribution is 2.34. The van der Waals surface area contributed by atoms with Crippen LogP contribution in [0.3, 0.4) is 0 Å². The summed E-state index contributed by atoms with van der Waals surface area (Å²) in [7, 11) is 0. The average molecular weight is 303 g/mol. The van der Waals surface area contributed by atoms with Crippen molar-refractivity contribution in [3.8, 4) is 0 Å². The molecule has 0 N–H and O–H groups in total. The predicted molar refractivity (Wildman–Crippen MR) is 86.4 cm³/mol. The van der Waals surface area contributed by atoms with Gasteiger partial charge in [-0.1, -0.05) is 55.7 Å². The molecule has 1 fully saturated rings. The molecular formula is C19H20ClF. The lowest BCUT2D eigenvalue weighted by atomic mass is 9.84. The van der Waals surface area contributed by atoms with Gasteiger partial charge in [0.1, 0.15) is 5.82 Å². The fraction of sp³-hybridized carbons (Fsp3) is 0.368. The van der Waals surface area contributed by atoms with Gasteiger partial charge in [-0.3, -0.25) is 0 Å². The van der Waals surface area contributed by atoms with E-state index in [9.17, 15) is 4.39 Å². The number of benzene rings is 2. The Balaban J connectivity index is 1.75. The van der Waals surface area contributed by atoms with Crippen LogP contribution in [-0.4, -0.2) is 0 Å². The van der Waals surface area contributed by atoms with Gasteiger partial charge in [-0.25, -0.2) is 4.39 Å². The number of alkyl halides is 1. The quantitative estimate of drug-likeness (QED) is 0.592. The lowest BCUT2D eigenvalue weighted by molar-refractivity contribution is 0.443. The molecule has 0 nitrogen and oxygen atoms in total. The summed E-state index contributed by atoms with van der Waals surface area (Å²) in [6.45, 7) is 0. The van der Waals surface area contributed by atoms with Crippen molar-refractivity contribution in [1.29, 1.82) is 0 Å². The highest BCUT2D eigenvalue weighted by molar-refractivity contribution is 6.22. The second-order valence-electron chi connectivity index (χ2n) is 5.92. The maximum atomic E-state index is 13.0. The molecule has 0 bridgehead atoms. The van der Waals surface area contributed by atoms with Crippen molar-refractivity contribution < 1.29 is 4.39 Å². The van der Waals surface area contributed by atoms with Crippen molar-refractivity contribution in [2.75, 3.05) is 0 Å².